The molecule has 3 aromatic carbocycles. The highest BCUT2D eigenvalue weighted by Crippen LogP contribution is 2.52. The summed E-state index contributed by atoms with van der Waals surface area (Å²) in [6.45, 7) is 4.59. The Morgan fingerprint density at radius 3 is 2.08 bits per heavy atom. The predicted octanol–water partition coefficient (Wildman–Crippen LogP) is 6.54. The maximum Gasteiger partial charge on any atom is 0.0435 e. The van der Waals surface area contributed by atoms with Crippen LogP contribution in [0, 0.1) is 6.92 Å². The van der Waals surface area contributed by atoms with Crippen LogP contribution in [0.2, 0.25) is 0 Å². The van der Waals surface area contributed by atoms with Gasteiger partial charge in [0.1, 0.15) is 0 Å². The lowest BCUT2D eigenvalue weighted by molar-refractivity contribution is 0.715. The number of hydrogen-bond donors (Lipinski definition) is 0. The van der Waals surface area contributed by atoms with Gasteiger partial charge in [0, 0.05) is 10.1 Å². The molecule has 0 nitrogen and oxygen atoms in total. The van der Waals surface area contributed by atoms with Crippen molar-refractivity contribution in [2.75, 3.05) is 0 Å². The van der Waals surface area contributed by atoms with Crippen LogP contribution in [0.1, 0.15) is 29.2 Å². The average molecular weight is 326 g/mol. The van der Waals surface area contributed by atoms with E-state index in [1.807, 2.05) is 11.3 Å². The first-order valence-corrected chi connectivity index (χ1v) is 9.25. The van der Waals surface area contributed by atoms with Crippen LogP contribution in [-0.2, 0) is 5.41 Å². The predicted molar refractivity (Wildman–Crippen MR) is 104 cm³/mol. The van der Waals surface area contributed by atoms with Gasteiger partial charge >= 0.3 is 0 Å². The summed E-state index contributed by atoms with van der Waals surface area (Å²) in [5, 5.41) is 3.65. The molecule has 0 atom stereocenters. The molecule has 1 heteroatoms. The molecule has 0 aliphatic heterocycles. The van der Waals surface area contributed by atoms with Crippen LogP contribution in [0.15, 0.2) is 72.1 Å². The molecule has 0 spiro atoms. The molecule has 1 aromatic heterocycles. The third-order valence-electron chi connectivity index (χ3n) is 5.57. The Bertz CT molecular complexity index is 1040. The van der Waals surface area contributed by atoms with Crippen molar-refractivity contribution in [3.05, 3.63) is 94.4 Å². The van der Waals surface area contributed by atoms with Crippen molar-refractivity contribution >= 4 is 21.4 Å². The molecule has 0 amide bonds. The molecule has 24 heavy (non-hydrogen) atoms. The van der Waals surface area contributed by atoms with Gasteiger partial charge in [-0.1, -0.05) is 54.6 Å². The Balaban J connectivity index is 1.86. The number of hydrogen-bond acceptors (Lipinski definition) is 1. The standard InChI is InChI=1S/C23H18S/c1-15-14-24-22-12-11-16(13-19(15)22)23(2)20-9-5-3-7-17(20)18-8-4-6-10-21(18)23/h3-14H,1-2H3. The maximum atomic E-state index is 2.40. The molecule has 1 aliphatic carbocycles. The highest BCUT2D eigenvalue weighted by atomic mass is 32.1. The minimum atomic E-state index is -0.0875. The molecule has 0 bridgehead atoms. The molecular weight excluding hydrogens is 308 g/mol. The summed E-state index contributed by atoms with van der Waals surface area (Å²) in [5.41, 5.74) is 8.25. The zero-order valence-corrected chi connectivity index (χ0v) is 14.7. The average Bonchev–Trinajstić information content (AvgIpc) is 3.13. The Kier molecular flexibility index (Phi) is 2.81. The lowest BCUT2D eigenvalue weighted by Crippen LogP contribution is -2.22. The van der Waals surface area contributed by atoms with Gasteiger partial charge < -0.3 is 0 Å². The minimum Gasteiger partial charge on any atom is -0.144 e. The largest absolute Gasteiger partial charge is 0.144 e. The fourth-order valence-electron chi connectivity index (χ4n) is 4.23. The quantitative estimate of drug-likeness (QED) is 0.372. The smallest absolute Gasteiger partial charge is 0.0435 e. The van der Waals surface area contributed by atoms with E-state index in [9.17, 15) is 0 Å². The second-order valence-electron chi connectivity index (χ2n) is 6.85. The molecule has 0 N–H and O–H groups in total. The topological polar surface area (TPSA) is 0 Å². The number of thiophene rings is 1. The van der Waals surface area contributed by atoms with Crippen LogP contribution in [0.3, 0.4) is 0 Å². The SMILES string of the molecule is Cc1csc2ccc(C3(C)c4ccccc4-c4ccccc43)cc12. The van der Waals surface area contributed by atoms with Crippen molar-refractivity contribution in [2.24, 2.45) is 0 Å². The summed E-state index contributed by atoms with van der Waals surface area (Å²) in [6, 6.07) is 24.7. The summed E-state index contributed by atoms with van der Waals surface area (Å²) in [6.07, 6.45) is 0. The molecule has 0 saturated carbocycles. The first-order valence-electron chi connectivity index (χ1n) is 8.37. The van der Waals surface area contributed by atoms with Gasteiger partial charge in [-0.2, -0.15) is 0 Å². The van der Waals surface area contributed by atoms with Crippen molar-refractivity contribution in [2.45, 2.75) is 19.3 Å². The van der Waals surface area contributed by atoms with Crippen LogP contribution in [-0.4, -0.2) is 0 Å². The molecule has 0 saturated heterocycles. The van der Waals surface area contributed by atoms with Crippen molar-refractivity contribution in [3.63, 3.8) is 0 Å². The fourth-order valence-corrected chi connectivity index (χ4v) is 5.16. The number of rotatable bonds is 1. The molecule has 1 heterocycles. The van der Waals surface area contributed by atoms with E-state index in [-0.39, 0.29) is 5.41 Å². The van der Waals surface area contributed by atoms with Crippen LogP contribution in [0.25, 0.3) is 21.2 Å². The summed E-state index contributed by atoms with van der Waals surface area (Å²) in [5.74, 6) is 0. The number of benzene rings is 3. The van der Waals surface area contributed by atoms with Gasteiger partial charge in [-0.25, -0.2) is 0 Å². The molecule has 1 aliphatic rings. The van der Waals surface area contributed by atoms with E-state index in [1.54, 1.807) is 0 Å². The first kappa shape index (κ1) is 14.0. The second-order valence-corrected chi connectivity index (χ2v) is 7.76. The van der Waals surface area contributed by atoms with Gasteiger partial charge in [0.15, 0.2) is 0 Å². The fraction of sp³-hybridized carbons (Fsp3) is 0.130. The van der Waals surface area contributed by atoms with Gasteiger partial charge in [-0.3, -0.25) is 0 Å². The molecule has 5 rings (SSSR count). The Morgan fingerprint density at radius 2 is 1.42 bits per heavy atom. The molecule has 4 aromatic rings. The van der Waals surface area contributed by atoms with Crippen LogP contribution in [0.4, 0.5) is 0 Å². The van der Waals surface area contributed by atoms with E-state index < -0.39 is 0 Å². The number of aryl methyl sites for hydroxylation is 1. The number of fused-ring (bicyclic) bond motifs is 4. The summed E-state index contributed by atoms with van der Waals surface area (Å²) in [4.78, 5) is 0. The Morgan fingerprint density at radius 1 is 0.792 bits per heavy atom. The van der Waals surface area contributed by atoms with E-state index in [0.717, 1.165) is 0 Å². The highest BCUT2D eigenvalue weighted by Gasteiger charge is 2.40. The lowest BCUT2D eigenvalue weighted by atomic mass is 9.74. The molecule has 116 valence electrons. The van der Waals surface area contributed by atoms with Gasteiger partial charge in [0.25, 0.3) is 0 Å². The van der Waals surface area contributed by atoms with Gasteiger partial charge in [0.05, 0.1) is 0 Å². The zero-order valence-electron chi connectivity index (χ0n) is 13.8. The van der Waals surface area contributed by atoms with E-state index in [1.165, 1.54) is 43.5 Å². The van der Waals surface area contributed by atoms with Gasteiger partial charge in [-0.15, -0.1) is 11.3 Å². The Hall–Kier alpha value is -2.38. The first-order chi connectivity index (χ1) is 11.7. The van der Waals surface area contributed by atoms with E-state index >= 15 is 0 Å². The van der Waals surface area contributed by atoms with Crippen molar-refractivity contribution < 1.29 is 0 Å². The monoisotopic (exact) mass is 326 g/mol. The molecule has 0 unspecified atom stereocenters. The van der Waals surface area contributed by atoms with Crippen molar-refractivity contribution in [1.29, 1.82) is 0 Å². The van der Waals surface area contributed by atoms with E-state index in [4.69, 9.17) is 0 Å². The van der Waals surface area contributed by atoms with Gasteiger partial charge in [0.2, 0.25) is 0 Å². The van der Waals surface area contributed by atoms with Crippen LogP contribution < -0.4 is 0 Å². The summed E-state index contributed by atoms with van der Waals surface area (Å²) in [7, 11) is 0. The lowest BCUT2D eigenvalue weighted by Gasteiger charge is -2.28. The van der Waals surface area contributed by atoms with E-state index in [0.29, 0.717) is 0 Å². The Labute approximate surface area is 146 Å². The second kappa shape index (κ2) is 4.81. The van der Waals surface area contributed by atoms with Crippen LogP contribution >= 0.6 is 11.3 Å². The third-order valence-corrected chi connectivity index (χ3v) is 6.65. The normalized spacial score (nSPS) is 14.6. The molecule has 0 radical (unpaired) electrons. The van der Waals surface area contributed by atoms with Crippen molar-refractivity contribution in [1.82, 2.24) is 0 Å². The molecular formula is C23H18S. The third kappa shape index (κ3) is 1.68. The maximum absolute atomic E-state index is 2.40. The van der Waals surface area contributed by atoms with Gasteiger partial charge in [-0.05, 0) is 70.1 Å². The van der Waals surface area contributed by atoms with Crippen molar-refractivity contribution in [3.8, 4) is 11.1 Å². The molecule has 0 fully saturated rings. The zero-order chi connectivity index (χ0) is 16.3. The summed E-state index contributed by atoms with van der Waals surface area (Å²) >= 11 is 1.84. The summed E-state index contributed by atoms with van der Waals surface area (Å²) < 4.78 is 1.37. The van der Waals surface area contributed by atoms with Crippen LogP contribution in [0.5, 0.6) is 0 Å². The van der Waals surface area contributed by atoms with E-state index in [2.05, 4.69) is 86.0 Å². The highest BCUT2D eigenvalue weighted by molar-refractivity contribution is 7.17. The minimum absolute atomic E-state index is 0.0875.